The lowest BCUT2D eigenvalue weighted by atomic mass is 9.44. The van der Waals surface area contributed by atoms with Crippen LogP contribution in [0.2, 0.25) is 0 Å². The molecule has 4 rings (SSSR count). The first kappa shape index (κ1) is 12.6. The predicted molar refractivity (Wildman–Crippen MR) is 64.8 cm³/mol. The molecule has 4 aliphatic rings. The first-order valence-electron chi connectivity index (χ1n) is 6.81. The van der Waals surface area contributed by atoms with Crippen molar-refractivity contribution in [2.45, 2.75) is 70.4 Å². The molecule has 2 bridgehead atoms. The van der Waals surface area contributed by atoms with Gasteiger partial charge in [-0.25, -0.2) is 0 Å². The van der Waals surface area contributed by atoms with Gasteiger partial charge in [-0.1, -0.05) is 13.8 Å². The summed E-state index contributed by atoms with van der Waals surface area (Å²) >= 11 is 0. The van der Waals surface area contributed by atoms with Crippen molar-refractivity contribution in [1.29, 1.82) is 0 Å². The molecule has 2 heterocycles. The number of Topliss-reactive ketones (excluding diaryl/α,β-unsaturated/α-hetero) is 1. The van der Waals surface area contributed by atoms with Crippen LogP contribution in [-0.2, 0) is 9.53 Å². The summed E-state index contributed by atoms with van der Waals surface area (Å²) in [6, 6.07) is 0. The standard InChI is InChI=1S/C14H22O4/c1-11(2)5-4-9(15)12(3)13(11)6-7-14(17,18-12)10(16)8-13/h10,16-17H,4-8H2,1-3H3/t10-,12-,13-,14-/m1/s1. The van der Waals surface area contributed by atoms with Crippen LogP contribution in [-0.4, -0.2) is 33.5 Å². The van der Waals surface area contributed by atoms with Crippen molar-refractivity contribution in [2.75, 3.05) is 0 Å². The van der Waals surface area contributed by atoms with Crippen LogP contribution >= 0.6 is 0 Å². The van der Waals surface area contributed by atoms with Crippen LogP contribution in [0.15, 0.2) is 0 Å². The Hall–Kier alpha value is -0.450. The highest BCUT2D eigenvalue weighted by Gasteiger charge is 2.73. The molecule has 2 saturated heterocycles. The fourth-order valence-electron chi connectivity index (χ4n) is 4.64. The molecule has 0 aromatic carbocycles. The number of carbonyl (C=O) groups is 1. The summed E-state index contributed by atoms with van der Waals surface area (Å²) in [6.45, 7) is 6.12. The monoisotopic (exact) mass is 254 g/mol. The van der Waals surface area contributed by atoms with Crippen molar-refractivity contribution in [2.24, 2.45) is 10.8 Å². The minimum absolute atomic E-state index is 0.0572. The maximum absolute atomic E-state index is 12.4. The SMILES string of the molecule is CC1(C)CCC(=O)[C@@]2(C)O[C@]3(O)CC[C@@]12C[C@H]3O. The van der Waals surface area contributed by atoms with Crippen LogP contribution < -0.4 is 0 Å². The molecule has 4 atom stereocenters. The third-order valence-corrected chi connectivity index (χ3v) is 6.07. The van der Waals surface area contributed by atoms with Gasteiger partial charge in [0.15, 0.2) is 11.6 Å². The molecular formula is C14H22O4. The van der Waals surface area contributed by atoms with E-state index >= 15 is 0 Å². The highest BCUT2D eigenvalue weighted by atomic mass is 16.7. The van der Waals surface area contributed by atoms with Crippen molar-refractivity contribution in [3.8, 4) is 0 Å². The van der Waals surface area contributed by atoms with E-state index in [0.717, 1.165) is 12.8 Å². The van der Waals surface area contributed by atoms with Gasteiger partial charge in [0.1, 0.15) is 11.7 Å². The van der Waals surface area contributed by atoms with Gasteiger partial charge in [0.25, 0.3) is 0 Å². The zero-order valence-corrected chi connectivity index (χ0v) is 11.3. The summed E-state index contributed by atoms with van der Waals surface area (Å²) in [5.41, 5.74) is -1.35. The fourth-order valence-corrected chi connectivity index (χ4v) is 4.64. The van der Waals surface area contributed by atoms with E-state index in [9.17, 15) is 15.0 Å². The molecule has 2 saturated carbocycles. The van der Waals surface area contributed by atoms with Crippen molar-refractivity contribution in [3.05, 3.63) is 0 Å². The quantitative estimate of drug-likeness (QED) is 0.685. The third kappa shape index (κ3) is 1.15. The molecule has 4 fully saturated rings. The lowest BCUT2D eigenvalue weighted by molar-refractivity contribution is -0.402. The number of ketones is 1. The lowest BCUT2D eigenvalue weighted by Crippen LogP contribution is -2.76. The van der Waals surface area contributed by atoms with E-state index in [1.54, 1.807) is 0 Å². The molecule has 2 N–H and O–H groups in total. The summed E-state index contributed by atoms with van der Waals surface area (Å²) < 4.78 is 5.77. The molecule has 4 nitrogen and oxygen atoms in total. The van der Waals surface area contributed by atoms with Crippen molar-refractivity contribution < 1.29 is 19.7 Å². The Kier molecular flexibility index (Phi) is 2.21. The molecule has 1 spiro atoms. The smallest absolute Gasteiger partial charge is 0.193 e. The first-order chi connectivity index (χ1) is 8.17. The van der Waals surface area contributed by atoms with E-state index in [1.807, 2.05) is 6.92 Å². The molecule has 2 aliphatic carbocycles. The highest BCUT2D eigenvalue weighted by Crippen LogP contribution is 2.67. The molecule has 4 heteroatoms. The first-order valence-corrected chi connectivity index (χ1v) is 6.81. The molecule has 0 aromatic rings. The zero-order valence-electron chi connectivity index (χ0n) is 11.3. The van der Waals surface area contributed by atoms with Gasteiger partial charge in [-0.05, 0) is 31.6 Å². The summed E-state index contributed by atoms with van der Waals surface area (Å²) in [5, 5.41) is 20.5. The number of aliphatic hydroxyl groups is 2. The summed E-state index contributed by atoms with van der Waals surface area (Å²) in [4.78, 5) is 12.4. The molecule has 102 valence electrons. The Bertz CT molecular complexity index is 418. The van der Waals surface area contributed by atoms with E-state index < -0.39 is 17.5 Å². The Morgan fingerprint density at radius 2 is 1.89 bits per heavy atom. The summed E-state index contributed by atoms with van der Waals surface area (Å²) in [5.74, 6) is -1.45. The number of hydrogen-bond donors (Lipinski definition) is 2. The van der Waals surface area contributed by atoms with E-state index in [-0.39, 0.29) is 16.6 Å². The minimum Gasteiger partial charge on any atom is -0.387 e. The number of fused-ring (bicyclic) bond motifs is 2. The van der Waals surface area contributed by atoms with Gasteiger partial charge in [-0.3, -0.25) is 4.79 Å². The number of hydrogen-bond acceptors (Lipinski definition) is 4. The topological polar surface area (TPSA) is 66.8 Å². The number of rotatable bonds is 0. The van der Waals surface area contributed by atoms with Crippen molar-refractivity contribution >= 4 is 5.78 Å². The second kappa shape index (κ2) is 3.17. The van der Waals surface area contributed by atoms with Gasteiger partial charge < -0.3 is 14.9 Å². The number of ether oxygens (including phenoxy) is 1. The van der Waals surface area contributed by atoms with Gasteiger partial charge in [-0.2, -0.15) is 0 Å². The van der Waals surface area contributed by atoms with E-state index in [1.165, 1.54) is 0 Å². The molecule has 0 aromatic heterocycles. The molecule has 18 heavy (non-hydrogen) atoms. The lowest BCUT2D eigenvalue weighted by Gasteiger charge is -2.68. The van der Waals surface area contributed by atoms with E-state index in [0.29, 0.717) is 19.3 Å². The minimum atomic E-state index is -1.53. The van der Waals surface area contributed by atoms with Gasteiger partial charge in [0, 0.05) is 18.3 Å². The Balaban J connectivity index is 2.16. The van der Waals surface area contributed by atoms with Gasteiger partial charge in [0.05, 0.1) is 0 Å². The summed E-state index contributed by atoms with van der Waals surface area (Å²) in [7, 11) is 0. The molecule has 0 amide bonds. The Morgan fingerprint density at radius 3 is 2.50 bits per heavy atom. The third-order valence-electron chi connectivity index (χ3n) is 6.07. The Morgan fingerprint density at radius 1 is 1.22 bits per heavy atom. The van der Waals surface area contributed by atoms with E-state index in [4.69, 9.17) is 4.74 Å². The second-order valence-electron chi connectivity index (χ2n) is 7.09. The van der Waals surface area contributed by atoms with Crippen molar-refractivity contribution in [3.63, 3.8) is 0 Å². The highest BCUT2D eigenvalue weighted by molar-refractivity contribution is 5.89. The zero-order chi connectivity index (χ0) is 13.4. The van der Waals surface area contributed by atoms with Crippen LogP contribution in [0.1, 0.15) is 52.9 Å². The number of carbonyl (C=O) groups excluding carboxylic acids is 1. The maximum Gasteiger partial charge on any atom is 0.193 e. The molecule has 2 aliphatic heterocycles. The van der Waals surface area contributed by atoms with Crippen LogP contribution in [0.5, 0.6) is 0 Å². The van der Waals surface area contributed by atoms with E-state index in [2.05, 4.69) is 13.8 Å². The average molecular weight is 254 g/mol. The van der Waals surface area contributed by atoms with Crippen LogP contribution in [0.25, 0.3) is 0 Å². The number of aliphatic hydroxyl groups excluding tert-OH is 1. The van der Waals surface area contributed by atoms with Crippen LogP contribution in [0.4, 0.5) is 0 Å². The van der Waals surface area contributed by atoms with Crippen LogP contribution in [0, 0.1) is 10.8 Å². The van der Waals surface area contributed by atoms with Crippen molar-refractivity contribution in [1.82, 2.24) is 0 Å². The second-order valence-corrected chi connectivity index (χ2v) is 7.09. The molecule has 0 radical (unpaired) electrons. The van der Waals surface area contributed by atoms with Gasteiger partial charge >= 0.3 is 0 Å². The van der Waals surface area contributed by atoms with Crippen LogP contribution in [0.3, 0.4) is 0 Å². The molecular weight excluding hydrogens is 232 g/mol. The summed E-state index contributed by atoms with van der Waals surface area (Å²) in [6.07, 6.45) is 2.06. The molecule has 0 unspecified atom stereocenters. The average Bonchev–Trinajstić information content (AvgIpc) is 2.27. The normalized spacial score (nSPS) is 54.3. The van der Waals surface area contributed by atoms with Gasteiger partial charge in [-0.15, -0.1) is 0 Å². The fraction of sp³-hybridized carbons (Fsp3) is 0.929. The van der Waals surface area contributed by atoms with Gasteiger partial charge in [0.2, 0.25) is 0 Å². The maximum atomic E-state index is 12.4. The Labute approximate surface area is 107 Å². The predicted octanol–water partition coefficient (Wildman–Crippen LogP) is 1.38. The largest absolute Gasteiger partial charge is 0.387 e.